The molecule has 0 unspecified atom stereocenters. The highest BCUT2D eigenvalue weighted by molar-refractivity contribution is 7.88. The van der Waals surface area contributed by atoms with Crippen molar-refractivity contribution < 1.29 is 27.6 Å². The first kappa shape index (κ1) is 21.7. The van der Waals surface area contributed by atoms with Crippen LogP contribution in [0.15, 0.2) is 30.7 Å². The minimum atomic E-state index is -3.68. The van der Waals surface area contributed by atoms with Gasteiger partial charge in [0.25, 0.3) is 0 Å². The van der Waals surface area contributed by atoms with Crippen LogP contribution in [0.4, 0.5) is 5.82 Å². The predicted octanol–water partition coefficient (Wildman–Crippen LogP) is 0.812. The number of esters is 1. The van der Waals surface area contributed by atoms with Crippen LogP contribution in [0.5, 0.6) is 0 Å². The zero-order valence-corrected chi connectivity index (χ0v) is 17.4. The van der Waals surface area contributed by atoms with Gasteiger partial charge in [-0.25, -0.2) is 28.0 Å². The molecule has 3 rings (SSSR count). The molecule has 0 bridgehead atoms. The monoisotopic (exact) mass is 437 g/mol. The molecule has 30 heavy (non-hydrogen) atoms. The zero-order chi connectivity index (χ0) is 21.7. The van der Waals surface area contributed by atoms with Crippen LogP contribution in [-0.2, 0) is 29.2 Å². The van der Waals surface area contributed by atoms with Gasteiger partial charge < -0.3 is 19.5 Å². The van der Waals surface area contributed by atoms with Crippen LogP contribution in [-0.4, -0.2) is 60.8 Å². The lowest BCUT2D eigenvalue weighted by Crippen LogP contribution is -2.38. The van der Waals surface area contributed by atoms with Crippen molar-refractivity contribution in [3.8, 4) is 0 Å². The maximum absolute atomic E-state index is 11.9. The molecule has 0 aromatic carbocycles. The number of carbonyl (C=O) groups excluding carboxylic acids is 2. The summed E-state index contributed by atoms with van der Waals surface area (Å²) in [7, 11) is -1.69. The number of carbonyl (C=O) groups is 2. The summed E-state index contributed by atoms with van der Waals surface area (Å²) < 4.78 is 27.0. The molecule has 0 atom stereocenters. The molecule has 0 amide bonds. The van der Waals surface area contributed by atoms with Gasteiger partial charge >= 0.3 is 11.9 Å². The van der Waals surface area contributed by atoms with E-state index in [0.717, 1.165) is 48.1 Å². The lowest BCUT2D eigenvalue weighted by Gasteiger charge is -2.35. The summed E-state index contributed by atoms with van der Waals surface area (Å²) in [6, 6.07) is 2.19. The van der Waals surface area contributed by atoms with E-state index in [1.54, 1.807) is 4.89 Å². The lowest BCUT2D eigenvalue weighted by atomic mass is 9.92. The van der Waals surface area contributed by atoms with Gasteiger partial charge in [0.1, 0.15) is 23.9 Å². The fourth-order valence-corrected chi connectivity index (χ4v) is 3.59. The molecule has 0 spiro atoms. The molecule has 2 aromatic heterocycles. The van der Waals surface area contributed by atoms with Crippen molar-refractivity contribution in [3.05, 3.63) is 30.7 Å². The van der Waals surface area contributed by atoms with Gasteiger partial charge in [-0.1, -0.05) is 0 Å². The highest BCUT2D eigenvalue weighted by Crippen LogP contribution is 2.30. The molecule has 1 fully saturated rings. The smallest absolute Gasteiger partial charge is 0.350 e. The number of H-pyrrole nitrogens is 1. The molecule has 1 aliphatic rings. The number of aromatic nitrogens is 3. The van der Waals surface area contributed by atoms with E-state index in [0.29, 0.717) is 12.8 Å². The van der Waals surface area contributed by atoms with Crippen LogP contribution >= 0.6 is 0 Å². The largest absolute Gasteiger partial charge is 0.459 e. The fourth-order valence-electron chi connectivity index (χ4n) is 3.35. The summed E-state index contributed by atoms with van der Waals surface area (Å²) in [5.41, 5.74) is 0.784. The zero-order valence-electron chi connectivity index (χ0n) is 16.6. The first-order valence-electron chi connectivity index (χ1n) is 9.30. The van der Waals surface area contributed by atoms with Gasteiger partial charge in [-0.05, 0) is 36.6 Å². The minimum Gasteiger partial charge on any atom is -0.459 e. The summed E-state index contributed by atoms with van der Waals surface area (Å²) in [6.45, 7) is 0. The van der Waals surface area contributed by atoms with Crippen LogP contribution in [0, 0.1) is 0 Å². The maximum Gasteiger partial charge on any atom is 0.350 e. The second-order valence-corrected chi connectivity index (χ2v) is 8.74. The molecule has 162 valence electrons. The number of rotatable bonds is 7. The van der Waals surface area contributed by atoms with Crippen molar-refractivity contribution in [1.82, 2.24) is 19.8 Å². The van der Waals surface area contributed by atoms with E-state index in [1.165, 1.54) is 6.33 Å². The summed E-state index contributed by atoms with van der Waals surface area (Å²) in [6.07, 6.45) is 8.63. The SMILES string of the molecule is CN(c1ncnc2[nH]ccc12)C1CCC(OC(=O)/C=C\C(=O)ONS(C)(=O)=O)CC1. The van der Waals surface area contributed by atoms with Gasteiger partial charge in [-0.15, -0.1) is 0 Å². The van der Waals surface area contributed by atoms with E-state index in [9.17, 15) is 18.0 Å². The number of nitrogens with zero attached hydrogens (tertiary/aromatic N) is 3. The Balaban J connectivity index is 1.47. The Morgan fingerprint density at radius 3 is 2.60 bits per heavy atom. The van der Waals surface area contributed by atoms with Crippen molar-refractivity contribution >= 4 is 38.8 Å². The molecule has 1 aliphatic carbocycles. The number of aromatic amines is 1. The van der Waals surface area contributed by atoms with Crippen LogP contribution in [0.25, 0.3) is 11.0 Å². The van der Waals surface area contributed by atoms with Crippen molar-refractivity contribution in [1.29, 1.82) is 0 Å². The Morgan fingerprint density at radius 2 is 1.90 bits per heavy atom. The second kappa shape index (κ2) is 9.22. The Morgan fingerprint density at radius 1 is 1.20 bits per heavy atom. The third kappa shape index (κ3) is 5.76. The first-order chi connectivity index (χ1) is 14.2. The normalized spacial score (nSPS) is 19.7. The van der Waals surface area contributed by atoms with E-state index in [2.05, 4.69) is 24.7 Å². The summed E-state index contributed by atoms with van der Waals surface area (Å²) in [4.78, 5) is 42.9. The van der Waals surface area contributed by atoms with Gasteiger partial charge in [0, 0.05) is 31.4 Å². The van der Waals surface area contributed by atoms with Crippen LogP contribution in [0.3, 0.4) is 0 Å². The third-order valence-electron chi connectivity index (χ3n) is 4.79. The Bertz CT molecular complexity index is 1040. The Labute approximate surface area is 173 Å². The number of ether oxygens (including phenoxy) is 1. The summed E-state index contributed by atoms with van der Waals surface area (Å²) in [5.74, 6) is -0.859. The molecule has 1 saturated carbocycles. The predicted molar refractivity (Wildman–Crippen MR) is 108 cm³/mol. The van der Waals surface area contributed by atoms with Gasteiger partial charge in [-0.2, -0.15) is 0 Å². The average molecular weight is 437 g/mol. The molecular weight excluding hydrogens is 414 g/mol. The van der Waals surface area contributed by atoms with Crippen LogP contribution in [0.1, 0.15) is 25.7 Å². The molecule has 2 heterocycles. The highest BCUT2D eigenvalue weighted by Gasteiger charge is 2.27. The van der Waals surface area contributed by atoms with Gasteiger partial charge in [-0.3, -0.25) is 0 Å². The highest BCUT2D eigenvalue weighted by atomic mass is 32.2. The topological polar surface area (TPSA) is 144 Å². The average Bonchev–Trinajstić information content (AvgIpc) is 3.19. The van der Waals surface area contributed by atoms with E-state index in [-0.39, 0.29) is 12.1 Å². The summed E-state index contributed by atoms with van der Waals surface area (Å²) >= 11 is 0. The van der Waals surface area contributed by atoms with E-state index >= 15 is 0 Å². The Hall–Kier alpha value is -2.99. The standard InChI is InChI=1S/C18H23N5O6S/c1-23(18-14-9-10-19-17(14)20-11-21-18)12-3-5-13(6-4-12)28-15(24)7-8-16(25)29-22-30(2,26)27/h7-13,22H,3-6H2,1-2H3,(H,19,20,21)/b8-7-. The van der Waals surface area contributed by atoms with Crippen molar-refractivity contribution in [2.45, 2.75) is 37.8 Å². The van der Waals surface area contributed by atoms with Crippen LogP contribution < -0.4 is 9.79 Å². The minimum absolute atomic E-state index is 0.250. The number of hydrogen-bond acceptors (Lipinski definition) is 9. The number of anilines is 1. The number of hydrogen-bond donors (Lipinski definition) is 2. The molecule has 0 aliphatic heterocycles. The van der Waals surface area contributed by atoms with Gasteiger partial charge in [0.2, 0.25) is 10.0 Å². The second-order valence-electron chi connectivity index (χ2n) is 7.03. The molecule has 0 radical (unpaired) electrons. The molecule has 12 heteroatoms. The van der Waals surface area contributed by atoms with Crippen molar-refractivity contribution in [2.24, 2.45) is 0 Å². The van der Waals surface area contributed by atoms with Gasteiger partial charge in [0.05, 0.1) is 11.6 Å². The molecule has 2 aromatic rings. The summed E-state index contributed by atoms with van der Waals surface area (Å²) in [5, 5.41) is 0.955. The quantitative estimate of drug-likeness (QED) is 0.365. The maximum atomic E-state index is 11.9. The fraction of sp³-hybridized carbons (Fsp3) is 0.444. The third-order valence-corrected chi connectivity index (χ3v) is 5.18. The number of nitrogens with one attached hydrogen (secondary N) is 2. The van der Waals surface area contributed by atoms with Crippen LogP contribution in [0.2, 0.25) is 0 Å². The van der Waals surface area contributed by atoms with Crippen molar-refractivity contribution in [3.63, 3.8) is 0 Å². The van der Waals surface area contributed by atoms with Crippen molar-refractivity contribution in [2.75, 3.05) is 18.2 Å². The van der Waals surface area contributed by atoms with Gasteiger partial charge in [0.15, 0.2) is 0 Å². The first-order valence-corrected chi connectivity index (χ1v) is 11.2. The molecule has 11 nitrogen and oxygen atoms in total. The number of fused-ring (bicyclic) bond motifs is 1. The molecule has 0 saturated heterocycles. The van der Waals surface area contributed by atoms with E-state index in [1.807, 2.05) is 19.3 Å². The Kier molecular flexibility index (Phi) is 6.67. The van der Waals surface area contributed by atoms with E-state index < -0.39 is 22.0 Å². The van der Waals surface area contributed by atoms with E-state index in [4.69, 9.17) is 4.74 Å². The molecule has 2 N–H and O–H groups in total. The molecular formula is C18H23N5O6S. The lowest BCUT2D eigenvalue weighted by molar-refractivity contribution is -0.146. The number of sulfonamides is 1.